The maximum Gasteiger partial charge on any atom is 0.267 e. The van der Waals surface area contributed by atoms with Gasteiger partial charge in [0.1, 0.15) is 4.83 Å². The lowest BCUT2D eigenvalue weighted by atomic mass is 9.97. The summed E-state index contributed by atoms with van der Waals surface area (Å²) in [6, 6.07) is 12.9. The second kappa shape index (κ2) is 10.8. The van der Waals surface area contributed by atoms with Crippen molar-refractivity contribution in [1.29, 1.82) is 0 Å². The number of benzene rings is 2. The molecule has 36 heavy (non-hydrogen) atoms. The van der Waals surface area contributed by atoms with E-state index in [0.29, 0.717) is 26.2 Å². The molecule has 1 aliphatic carbocycles. The van der Waals surface area contributed by atoms with Crippen molar-refractivity contribution in [2.75, 3.05) is 5.75 Å². The van der Waals surface area contributed by atoms with Gasteiger partial charge in [0.05, 0.1) is 33.1 Å². The smallest absolute Gasteiger partial charge is 0.267 e. The van der Waals surface area contributed by atoms with Gasteiger partial charge in [0.15, 0.2) is 5.16 Å². The number of carbonyl (C=O) groups excluding carboxylic acids is 1. The largest absolute Gasteiger partial charge is 0.272 e. The Morgan fingerprint density at radius 2 is 1.89 bits per heavy atom. The molecule has 0 fully saturated rings. The van der Waals surface area contributed by atoms with Crippen LogP contribution in [-0.2, 0) is 17.6 Å². The number of fused-ring (bicyclic) bond motifs is 3. The van der Waals surface area contributed by atoms with E-state index >= 15 is 0 Å². The Hall–Kier alpha value is -2.65. The predicted molar refractivity (Wildman–Crippen MR) is 150 cm³/mol. The van der Waals surface area contributed by atoms with Crippen molar-refractivity contribution in [3.05, 3.63) is 84.4 Å². The van der Waals surface area contributed by atoms with Crippen LogP contribution in [-0.4, -0.2) is 27.4 Å². The highest BCUT2D eigenvalue weighted by Gasteiger charge is 2.23. The molecule has 2 aromatic heterocycles. The summed E-state index contributed by atoms with van der Waals surface area (Å²) >= 11 is 15.1. The zero-order valence-corrected chi connectivity index (χ0v) is 22.5. The number of nitrogens with zero attached hydrogens (tertiary/aromatic N) is 3. The second-order valence-corrected chi connectivity index (χ2v) is 11.3. The molecule has 0 aliphatic heterocycles. The third-order valence-electron chi connectivity index (χ3n) is 5.97. The molecule has 0 saturated heterocycles. The van der Waals surface area contributed by atoms with Gasteiger partial charge in [-0.1, -0.05) is 58.7 Å². The van der Waals surface area contributed by atoms with E-state index in [1.165, 1.54) is 22.9 Å². The van der Waals surface area contributed by atoms with Gasteiger partial charge >= 0.3 is 0 Å². The van der Waals surface area contributed by atoms with Crippen molar-refractivity contribution < 1.29 is 4.79 Å². The Morgan fingerprint density at radius 1 is 1.17 bits per heavy atom. The number of hydrazone groups is 1. The first-order valence-electron chi connectivity index (χ1n) is 11.5. The van der Waals surface area contributed by atoms with E-state index in [1.807, 2.05) is 31.2 Å². The van der Waals surface area contributed by atoms with Crippen molar-refractivity contribution in [3.63, 3.8) is 0 Å². The van der Waals surface area contributed by atoms with Crippen molar-refractivity contribution in [2.45, 2.75) is 37.8 Å². The maximum atomic E-state index is 13.8. The number of rotatable bonds is 6. The fourth-order valence-electron chi connectivity index (χ4n) is 4.17. The number of aromatic nitrogens is 2. The van der Waals surface area contributed by atoms with Crippen molar-refractivity contribution in [2.24, 2.45) is 5.10 Å². The molecule has 184 valence electrons. The molecule has 2 aromatic carbocycles. The zero-order valence-electron chi connectivity index (χ0n) is 19.4. The van der Waals surface area contributed by atoms with E-state index in [1.54, 1.807) is 34.1 Å². The number of thiophene rings is 1. The highest BCUT2D eigenvalue weighted by Crippen LogP contribution is 2.35. The van der Waals surface area contributed by atoms with Gasteiger partial charge in [-0.05, 0) is 62.4 Å². The van der Waals surface area contributed by atoms with Gasteiger partial charge in [0, 0.05) is 10.4 Å². The molecule has 6 nitrogen and oxygen atoms in total. The molecule has 0 atom stereocenters. The topological polar surface area (TPSA) is 76.3 Å². The molecule has 4 aromatic rings. The quantitative estimate of drug-likeness (QED) is 0.133. The van der Waals surface area contributed by atoms with Crippen LogP contribution in [0.25, 0.3) is 15.9 Å². The van der Waals surface area contributed by atoms with Crippen LogP contribution in [0.15, 0.2) is 57.5 Å². The molecule has 0 radical (unpaired) electrons. The number of aryl methyl sites for hydroxylation is 3. The van der Waals surface area contributed by atoms with E-state index in [9.17, 15) is 9.59 Å². The zero-order chi connectivity index (χ0) is 25.2. The van der Waals surface area contributed by atoms with E-state index < -0.39 is 0 Å². The standard InChI is InChI=1S/C26H22Cl2N4O2S2/c1-15-9-11-16(12-10-15)32-25(34)23-17-5-2-3-8-21(17)36-24(23)30-26(32)35-14-22(33)31-29-13-18-19(27)6-4-7-20(18)28/h4,6-7,9-13H,2-3,5,8,14H2,1H3,(H,31,33)/b29-13+. The Labute approximate surface area is 226 Å². The summed E-state index contributed by atoms with van der Waals surface area (Å²) in [7, 11) is 0. The fraction of sp³-hybridized carbons (Fsp3) is 0.231. The monoisotopic (exact) mass is 556 g/mol. The molecule has 2 heterocycles. The van der Waals surface area contributed by atoms with Gasteiger partial charge in [-0.2, -0.15) is 5.10 Å². The Balaban J connectivity index is 1.43. The molecule has 1 amide bonds. The van der Waals surface area contributed by atoms with Gasteiger partial charge in [0.2, 0.25) is 0 Å². The molecule has 0 spiro atoms. The van der Waals surface area contributed by atoms with Gasteiger partial charge < -0.3 is 0 Å². The average Bonchev–Trinajstić information content (AvgIpc) is 3.24. The number of hydrogen-bond acceptors (Lipinski definition) is 6. The Bertz CT molecular complexity index is 1520. The lowest BCUT2D eigenvalue weighted by Gasteiger charge is -2.13. The Morgan fingerprint density at radius 3 is 2.64 bits per heavy atom. The highest BCUT2D eigenvalue weighted by atomic mass is 35.5. The van der Waals surface area contributed by atoms with Crippen LogP contribution in [0.1, 0.15) is 34.4 Å². The minimum absolute atomic E-state index is 0.0302. The summed E-state index contributed by atoms with van der Waals surface area (Å²) in [6.07, 6.45) is 5.52. The molecule has 5 rings (SSSR count). The van der Waals surface area contributed by atoms with E-state index in [0.717, 1.165) is 47.3 Å². The molecule has 1 N–H and O–H groups in total. The van der Waals surface area contributed by atoms with E-state index in [2.05, 4.69) is 10.5 Å². The first-order valence-corrected chi connectivity index (χ1v) is 14.0. The number of halogens is 2. The SMILES string of the molecule is Cc1ccc(-n2c(SCC(=O)N/N=C/c3c(Cl)cccc3Cl)nc3sc4c(c3c2=O)CCCC4)cc1. The maximum absolute atomic E-state index is 13.8. The third-order valence-corrected chi connectivity index (χ3v) is 8.75. The number of thioether (sulfide) groups is 1. The predicted octanol–water partition coefficient (Wildman–Crippen LogP) is 6.18. The van der Waals surface area contributed by atoms with Crippen LogP contribution in [0.4, 0.5) is 0 Å². The van der Waals surface area contributed by atoms with Crippen LogP contribution in [0.2, 0.25) is 10.0 Å². The van der Waals surface area contributed by atoms with Gasteiger partial charge in [-0.3, -0.25) is 14.2 Å². The van der Waals surface area contributed by atoms with Crippen LogP contribution >= 0.6 is 46.3 Å². The lowest BCUT2D eigenvalue weighted by Crippen LogP contribution is -2.24. The van der Waals surface area contributed by atoms with Gasteiger partial charge in [-0.15, -0.1) is 11.3 Å². The summed E-state index contributed by atoms with van der Waals surface area (Å²) in [5, 5.41) is 6.05. The summed E-state index contributed by atoms with van der Waals surface area (Å²) in [5.74, 6) is -0.308. The highest BCUT2D eigenvalue weighted by molar-refractivity contribution is 7.99. The van der Waals surface area contributed by atoms with Gasteiger partial charge in [-0.25, -0.2) is 10.4 Å². The number of hydrogen-bond donors (Lipinski definition) is 1. The first-order chi connectivity index (χ1) is 17.4. The van der Waals surface area contributed by atoms with Crippen LogP contribution in [0.3, 0.4) is 0 Å². The number of amides is 1. The van der Waals surface area contributed by atoms with Crippen molar-refractivity contribution in [3.8, 4) is 5.69 Å². The molecular formula is C26H22Cl2N4O2S2. The normalized spacial score (nSPS) is 13.3. The van der Waals surface area contributed by atoms with E-state index in [4.69, 9.17) is 28.2 Å². The lowest BCUT2D eigenvalue weighted by molar-refractivity contribution is -0.118. The fourth-order valence-corrected chi connectivity index (χ4v) is 6.77. The summed E-state index contributed by atoms with van der Waals surface area (Å²) in [4.78, 5) is 33.2. The van der Waals surface area contributed by atoms with Crippen LogP contribution in [0.5, 0.6) is 0 Å². The average molecular weight is 558 g/mol. The van der Waals surface area contributed by atoms with Gasteiger partial charge in [0.25, 0.3) is 11.5 Å². The summed E-state index contributed by atoms with van der Waals surface area (Å²) in [5.41, 5.74) is 5.90. The Kier molecular flexibility index (Phi) is 7.48. The minimum atomic E-state index is -0.338. The van der Waals surface area contributed by atoms with E-state index in [-0.39, 0.29) is 17.2 Å². The molecule has 0 saturated carbocycles. The van der Waals surface area contributed by atoms with Crippen LogP contribution < -0.4 is 11.0 Å². The third kappa shape index (κ3) is 5.09. The van der Waals surface area contributed by atoms with Crippen molar-refractivity contribution in [1.82, 2.24) is 15.0 Å². The van der Waals surface area contributed by atoms with Crippen molar-refractivity contribution >= 4 is 68.6 Å². The second-order valence-electron chi connectivity index (χ2n) is 8.48. The summed E-state index contributed by atoms with van der Waals surface area (Å²) < 4.78 is 1.62. The van der Waals surface area contributed by atoms with Crippen LogP contribution in [0, 0.1) is 6.92 Å². The molecule has 10 heteroatoms. The minimum Gasteiger partial charge on any atom is -0.272 e. The molecule has 0 unspecified atom stereocenters. The molecule has 0 bridgehead atoms. The number of nitrogens with one attached hydrogen (secondary N) is 1. The molecular weight excluding hydrogens is 535 g/mol. The molecule has 1 aliphatic rings. The summed E-state index contributed by atoms with van der Waals surface area (Å²) in [6.45, 7) is 2.00. The first kappa shape index (κ1) is 25.0. The number of carbonyl (C=O) groups is 1.